The molecule has 0 N–H and O–H groups in total. The van der Waals surface area contributed by atoms with Gasteiger partial charge in [0.15, 0.2) is 5.82 Å². The summed E-state index contributed by atoms with van der Waals surface area (Å²) in [6.45, 7) is 0. The topological polar surface area (TPSA) is 25.8 Å². The highest BCUT2D eigenvalue weighted by Crippen LogP contribution is 2.28. The summed E-state index contributed by atoms with van der Waals surface area (Å²) in [5, 5.41) is 0. The lowest BCUT2D eigenvalue weighted by molar-refractivity contribution is 1.13. The molecule has 0 bridgehead atoms. The number of thiophene rings is 1. The first kappa shape index (κ1) is 9.90. The fraction of sp³-hybridized carbons (Fsp3) is 0.111. The van der Waals surface area contributed by atoms with Crippen molar-refractivity contribution in [1.29, 1.82) is 0 Å². The van der Waals surface area contributed by atoms with Crippen molar-refractivity contribution in [2.24, 2.45) is 0 Å². The number of halogens is 2. The van der Waals surface area contributed by atoms with Crippen LogP contribution in [0.25, 0.3) is 10.7 Å². The summed E-state index contributed by atoms with van der Waals surface area (Å²) in [7, 11) is 0. The fourth-order valence-corrected chi connectivity index (χ4v) is 2.11. The third kappa shape index (κ3) is 2.05. The molecule has 2 heterocycles. The zero-order valence-electron chi connectivity index (χ0n) is 7.08. The lowest BCUT2D eigenvalue weighted by atomic mass is 10.4. The molecule has 0 saturated carbocycles. The maximum Gasteiger partial charge on any atom is 0.169 e. The highest BCUT2D eigenvalue weighted by atomic mass is 35.5. The van der Waals surface area contributed by atoms with Crippen LogP contribution in [0.15, 0.2) is 24.5 Å². The van der Waals surface area contributed by atoms with E-state index in [1.807, 2.05) is 12.1 Å². The van der Waals surface area contributed by atoms with Gasteiger partial charge in [0.2, 0.25) is 0 Å². The largest absolute Gasteiger partial charge is 0.236 e. The van der Waals surface area contributed by atoms with Crippen molar-refractivity contribution < 1.29 is 0 Å². The summed E-state index contributed by atoms with van der Waals surface area (Å²) in [5.41, 5.74) is 0.915. The van der Waals surface area contributed by atoms with Gasteiger partial charge in [-0.3, -0.25) is 0 Å². The molecule has 0 unspecified atom stereocenters. The molecule has 0 amide bonds. The Kier molecular flexibility index (Phi) is 3.01. The average Bonchev–Trinajstić information content (AvgIpc) is 2.65. The molecular weight excluding hydrogens is 239 g/mol. The Morgan fingerprint density at radius 2 is 1.93 bits per heavy atom. The predicted molar refractivity (Wildman–Crippen MR) is 59.9 cm³/mol. The Hall–Kier alpha value is -0.640. The van der Waals surface area contributed by atoms with Gasteiger partial charge in [0, 0.05) is 18.0 Å². The van der Waals surface area contributed by atoms with E-state index in [0.29, 0.717) is 11.7 Å². The van der Waals surface area contributed by atoms with Crippen molar-refractivity contribution in [3.63, 3.8) is 0 Å². The predicted octanol–water partition coefficient (Wildman–Crippen LogP) is 3.60. The molecule has 72 valence electrons. The number of aromatic nitrogens is 2. The van der Waals surface area contributed by atoms with Crippen LogP contribution < -0.4 is 0 Å². The SMILES string of the molecule is ClCc1cnc(-c2ccc(Cl)s2)nc1. The van der Waals surface area contributed by atoms with Crippen molar-refractivity contribution >= 4 is 34.5 Å². The van der Waals surface area contributed by atoms with E-state index in [1.54, 1.807) is 12.4 Å². The molecule has 0 aromatic carbocycles. The Morgan fingerprint density at radius 1 is 1.21 bits per heavy atom. The Labute approximate surface area is 95.5 Å². The van der Waals surface area contributed by atoms with Crippen LogP contribution in [0.5, 0.6) is 0 Å². The average molecular weight is 245 g/mol. The lowest BCUT2D eigenvalue weighted by Crippen LogP contribution is -1.88. The second-order valence-electron chi connectivity index (χ2n) is 2.65. The number of alkyl halides is 1. The molecule has 0 spiro atoms. The second kappa shape index (κ2) is 4.26. The molecule has 0 fully saturated rings. The molecule has 0 atom stereocenters. The summed E-state index contributed by atoms with van der Waals surface area (Å²) in [6.07, 6.45) is 3.45. The van der Waals surface area contributed by atoms with E-state index in [0.717, 1.165) is 14.8 Å². The number of nitrogens with zero attached hydrogens (tertiary/aromatic N) is 2. The summed E-state index contributed by atoms with van der Waals surface area (Å²) < 4.78 is 0.741. The number of hydrogen-bond donors (Lipinski definition) is 0. The van der Waals surface area contributed by atoms with Crippen molar-refractivity contribution in [1.82, 2.24) is 9.97 Å². The van der Waals surface area contributed by atoms with Crippen LogP contribution >= 0.6 is 34.5 Å². The van der Waals surface area contributed by atoms with Gasteiger partial charge in [0.05, 0.1) is 15.1 Å². The molecule has 2 nitrogen and oxygen atoms in total. The van der Waals surface area contributed by atoms with Gasteiger partial charge in [-0.1, -0.05) is 11.6 Å². The maximum absolute atomic E-state index is 5.81. The minimum atomic E-state index is 0.436. The van der Waals surface area contributed by atoms with Crippen LogP contribution in [0.2, 0.25) is 4.34 Å². The minimum absolute atomic E-state index is 0.436. The van der Waals surface area contributed by atoms with Gasteiger partial charge in [-0.05, 0) is 12.1 Å². The Balaban J connectivity index is 2.33. The molecule has 0 saturated heterocycles. The van der Waals surface area contributed by atoms with Crippen molar-refractivity contribution in [3.8, 4) is 10.7 Å². The standard InChI is InChI=1S/C9H6Cl2N2S/c10-3-6-4-12-9(13-5-6)7-1-2-8(11)14-7/h1-2,4-5H,3H2. The van der Waals surface area contributed by atoms with Crippen LogP contribution in [-0.4, -0.2) is 9.97 Å². The maximum atomic E-state index is 5.81. The molecule has 2 aromatic heterocycles. The van der Waals surface area contributed by atoms with Gasteiger partial charge in [-0.25, -0.2) is 9.97 Å². The van der Waals surface area contributed by atoms with Gasteiger partial charge >= 0.3 is 0 Å². The molecule has 2 aromatic rings. The third-order valence-corrected chi connectivity index (χ3v) is 3.19. The fourth-order valence-electron chi connectivity index (χ4n) is 0.985. The second-order valence-corrected chi connectivity index (χ2v) is 4.63. The van der Waals surface area contributed by atoms with Crippen LogP contribution in [0.4, 0.5) is 0 Å². The normalized spacial score (nSPS) is 10.4. The van der Waals surface area contributed by atoms with E-state index in [-0.39, 0.29) is 0 Å². The molecule has 14 heavy (non-hydrogen) atoms. The van der Waals surface area contributed by atoms with E-state index in [4.69, 9.17) is 23.2 Å². The Bertz CT molecular complexity index is 425. The van der Waals surface area contributed by atoms with Gasteiger partial charge in [-0.15, -0.1) is 22.9 Å². The summed E-state index contributed by atoms with van der Waals surface area (Å²) in [4.78, 5) is 9.35. The molecule has 0 aliphatic carbocycles. The lowest BCUT2D eigenvalue weighted by Gasteiger charge is -1.96. The molecule has 2 rings (SSSR count). The van der Waals surface area contributed by atoms with Gasteiger partial charge in [0.25, 0.3) is 0 Å². The van der Waals surface area contributed by atoms with E-state index in [9.17, 15) is 0 Å². The van der Waals surface area contributed by atoms with Crippen molar-refractivity contribution in [3.05, 3.63) is 34.4 Å². The van der Waals surface area contributed by atoms with E-state index >= 15 is 0 Å². The highest BCUT2D eigenvalue weighted by molar-refractivity contribution is 7.19. The molecule has 5 heteroatoms. The summed E-state index contributed by atoms with van der Waals surface area (Å²) >= 11 is 12.9. The first-order valence-electron chi connectivity index (χ1n) is 3.92. The molecular formula is C9H6Cl2N2S. The first-order valence-corrected chi connectivity index (χ1v) is 5.65. The molecule has 0 aliphatic rings. The first-order chi connectivity index (χ1) is 6.79. The summed E-state index contributed by atoms with van der Waals surface area (Å²) in [6, 6.07) is 3.74. The van der Waals surface area contributed by atoms with E-state index in [2.05, 4.69) is 9.97 Å². The van der Waals surface area contributed by atoms with Crippen LogP contribution in [0, 0.1) is 0 Å². The van der Waals surface area contributed by atoms with Gasteiger partial charge < -0.3 is 0 Å². The number of rotatable bonds is 2. The smallest absolute Gasteiger partial charge is 0.169 e. The monoisotopic (exact) mass is 244 g/mol. The molecule has 0 aliphatic heterocycles. The van der Waals surface area contributed by atoms with Crippen molar-refractivity contribution in [2.75, 3.05) is 0 Å². The molecule has 0 radical (unpaired) electrons. The zero-order valence-corrected chi connectivity index (χ0v) is 9.40. The zero-order chi connectivity index (χ0) is 9.97. The Morgan fingerprint density at radius 3 is 2.43 bits per heavy atom. The number of hydrogen-bond acceptors (Lipinski definition) is 3. The van der Waals surface area contributed by atoms with Crippen molar-refractivity contribution in [2.45, 2.75) is 5.88 Å². The van der Waals surface area contributed by atoms with Gasteiger partial charge in [-0.2, -0.15) is 0 Å². The highest BCUT2D eigenvalue weighted by Gasteiger charge is 2.03. The van der Waals surface area contributed by atoms with E-state index in [1.165, 1.54) is 11.3 Å². The van der Waals surface area contributed by atoms with E-state index < -0.39 is 0 Å². The summed E-state index contributed by atoms with van der Waals surface area (Å²) in [5.74, 6) is 1.13. The van der Waals surface area contributed by atoms with Crippen LogP contribution in [-0.2, 0) is 5.88 Å². The van der Waals surface area contributed by atoms with Crippen LogP contribution in [0.1, 0.15) is 5.56 Å². The quantitative estimate of drug-likeness (QED) is 0.755. The minimum Gasteiger partial charge on any atom is -0.236 e. The van der Waals surface area contributed by atoms with Gasteiger partial charge in [0.1, 0.15) is 0 Å². The third-order valence-electron chi connectivity index (χ3n) is 1.65. The van der Waals surface area contributed by atoms with Crippen LogP contribution in [0.3, 0.4) is 0 Å².